The lowest BCUT2D eigenvalue weighted by atomic mass is 10.1. The zero-order chi connectivity index (χ0) is 22.1. The number of carbonyl (C=O) groups is 3. The fraction of sp³-hybridized carbons (Fsp3) is 0.174. The second kappa shape index (κ2) is 8.61. The molecule has 1 aliphatic heterocycles. The molecule has 0 aliphatic carbocycles. The summed E-state index contributed by atoms with van der Waals surface area (Å²) in [4.78, 5) is 39.0. The van der Waals surface area contributed by atoms with Crippen LogP contribution in [-0.4, -0.2) is 33.1 Å². The SMILES string of the molecule is CCn1cc(/C=C2\SC(=O)N(CC(=O)Nc3cc(Cl)ccc3C)C2=O)c2ccccc21. The maximum atomic E-state index is 12.8. The van der Waals surface area contributed by atoms with Crippen molar-refractivity contribution in [3.8, 4) is 0 Å². The average molecular weight is 454 g/mol. The van der Waals surface area contributed by atoms with Crippen molar-refractivity contribution >= 4 is 63.1 Å². The number of hydrogen-bond acceptors (Lipinski definition) is 4. The Kier molecular flexibility index (Phi) is 5.89. The molecule has 1 saturated heterocycles. The topological polar surface area (TPSA) is 71.4 Å². The summed E-state index contributed by atoms with van der Waals surface area (Å²) in [5.74, 6) is -0.933. The normalized spacial score (nSPS) is 15.3. The van der Waals surface area contributed by atoms with Gasteiger partial charge in [-0.2, -0.15) is 0 Å². The van der Waals surface area contributed by atoms with Crippen LogP contribution in [0.25, 0.3) is 17.0 Å². The summed E-state index contributed by atoms with van der Waals surface area (Å²) in [6, 6.07) is 13.0. The van der Waals surface area contributed by atoms with E-state index in [0.29, 0.717) is 15.6 Å². The molecule has 31 heavy (non-hydrogen) atoms. The smallest absolute Gasteiger partial charge is 0.294 e. The van der Waals surface area contributed by atoms with E-state index in [4.69, 9.17) is 11.6 Å². The van der Waals surface area contributed by atoms with Gasteiger partial charge in [-0.15, -0.1) is 0 Å². The van der Waals surface area contributed by atoms with Crippen molar-refractivity contribution in [3.63, 3.8) is 0 Å². The van der Waals surface area contributed by atoms with Crippen LogP contribution in [0.3, 0.4) is 0 Å². The number of halogens is 1. The van der Waals surface area contributed by atoms with Gasteiger partial charge in [-0.3, -0.25) is 19.3 Å². The molecule has 3 aromatic rings. The van der Waals surface area contributed by atoms with E-state index in [-0.39, 0.29) is 6.54 Å². The number of imide groups is 1. The largest absolute Gasteiger partial charge is 0.347 e. The summed E-state index contributed by atoms with van der Waals surface area (Å²) in [7, 11) is 0. The summed E-state index contributed by atoms with van der Waals surface area (Å²) in [5.41, 5.74) is 3.31. The third kappa shape index (κ3) is 4.24. The van der Waals surface area contributed by atoms with Gasteiger partial charge in [0.2, 0.25) is 5.91 Å². The van der Waals surface area contributed by atoms with Crippen LogP contribution in [-0.2, 0) is 16.1 Å². The highest BCUT2D eigenvalue weighted by molar-refractivity contribution is 8.18. The van der Waals surface area contributed by atoms with Crippen LogP contribution < -0.4 is 5.32 Å². The van der Waals surface area contributed by atoms with Crippen molar-refractivity contribution < 1.29 is 14.4 Å². The van der Waals surface area contributed by atoms with Crippen LogP contribution in [0.1, 0.15) is 18.1 Å². The minimum Gasteiger partial charge on any atom is -0.347 e. The van der Waals surface area contributed by atoms with Gasteiger partial charge in [0.1, 0.15) is 6.54 Å². The minimum absolute atomic E-state index is 0.302. The van der Waals surface area contributed by atoms with Crippen molar-refractivity contribution in [2.24, 2.45) is 0 Å². The predicted molar refractivity (Wildman–Crippen MR) is 125 cm³/mol. The zero-order valence-corrected chi connectivity index (χ0v) is 18.6. The van der Waals surface area contributed by atoms with Crippen molar-refractivity contribution in [2.45, 2.75) is 20.4 Å². The number of rotatable bonds is 5. The maximum absolute atomic E-state index is 12.8. The summed E-state index contributed by atoms with van der Waals surface area (Å²) >= 11 is 6.83. The third-order valence-corrected chi connectivity index (χ3v) is 6.24. The lowest BCUT2D eigenvalue weighted by Crippen LogP contribution is -2.36. The Balaban J connectivity index is 1.54. The summed E-state index contributed by atoms with van der Waals surface area (Å²) < 4.78 is 2.09. The van der Waals surface area contributed by atoms with Crippen LogP contribution in [0.4, 0.5) is 10.5 Å². The molecule has 0 unspecified atom stereocenters. The molecule has 6 nitrogen and oxygen atoms in total. The lowest BCUT2D eigenvalue weighted by molar-refractivity contribution is -0.127. The highest BCUT2D eigenvalue weighted by Gasteiger charge is 2.36. The second-order valence-electron chi connectivity index (χ2n) is 7.16. The van der Waals surface area contributed by atoms with E-state index in [1.807, 2.05) is 44.3 Å². The molecule has 158 valence electrons. The van der Waals surface area contributed by atoms with Gasteiger partial charge >= 0.3 is 0 Å². The van der Waals surface area contributed by atoms with Gasteiger partial charge in [0.25, 0.3) is 11.1 Å². The summed E-state index contributed by atoms with van der Waals surface area (Å²) in [6.45, 7) is 4.31. The standard InChI is InChI=1S/C23H20ClN3O3S/c1-3-26-12-15(17-6-4-5-7-19(17)26)10-20-22(29)27(23(30)31-20)13-21(28)25-18-11-16(24)9-8-14(18)2/h4-12H,3,13H2,1-2H3,(H,25,28)/b20-10-. The fourth-order valence-corrected chi connectivity index (χ4v) is 4.49. The number of nitrogens with zero attached hydrogens (tertiary/aromatic N) is 2. The monoisotopic (exact) mass is 453 g/mol. The van der Waals surface area contributed by atoms with E-state index in [9.17, 15) is 14.4 Å². The number of para-hydroxylation sites is 1. The van der Waals surface area contributed by atoms with Crippen molar-refractivity contribution in [1.29, 1.82) is 0 Å². The molecule has 0 atom stereocenters. The van der Waals surface area contributed by atoms with Crippen LogP contribution in [0, 0.1) is 6.92 Å². The molecule has 0 radical (unpaired) electrons. The first kappa shape index (κ1) is 21.2. The molecule has 0 spiro atoms. The number of nitrogens with one attached hydrogen (secondary N) is 1. The molecule has 2 heterocycles. The van der Waals surface area contributed by atoms with Crippen LogP contribution in [0.15, 0.2) is 53.6 Å². The molecular formula is C23H20ClN3O3S. The molecule has 1 aliphatic rings. The zero-order valence-electron chi connectivity index (χ0n) is 17.0. The Morgan fingerprint density at radius 2 is 1.97 bits per heavy atom. The average Bonchev–Trinajstić information content (AvgIpc) is 3.23. The van der Waals surface area contributed by atoms with Gasteiger partial charge in [-0.25, -0.2) is 0 Å². The minimum atomic E-state index is -0.471. The van der Waals surface area contributed by atoms with E-state index in [1.165, 1.54) is 0 Å². The van der Waals surface area contributed by atoms with E-state index in [2.05, 4.69) is 9.88 Å². The quantitative estimate of drug-likeness (QED) is 0.532. The lowest BCUT2D eigenvalue weighted by Gasteiger charge is -2.13. The van der Waals surface area contributed by atoms with Gasteiger partial charge in [0.15, 0.2) is 0 Å². The highest BCUT2D eigenvalue weighted by atomic mass is 35.5. The number of benzene rings is 2. The number of carbonyl (C=O) groups excluding carboxylic acids is 3. The summed E-state index contributed by atoms with van der Waals surface area (Å²) in [5, 5.41) is 3.74. The Hall–Kier alpha value is -3.03. The van der Waals surface area contributed by atoms with E-state index < -0.39 is 17.1 Å². The number of anilines is 1. The van der Waals surface area contributed by atoms with Crippen LogP contribution >= 0.6 is 23.4 Å². The van der Waals surface area contributed by atoms with E-state index in [1.54, 1.807) is 24.3 Å². The summed E-state index contributed by atoms with van der Waals surface area (Å²) in [6.07, 6.45) is 3.69. The molecule has 0 bridgehead atoms. The van der Waals surface area contributed by atoms with Gasteiger partial charge in [-0.05, 0) is 55.4 Å². The Morgan fingerprint density at radius 3 is 2.74 bits per heavy atom. The van der Waals surface area contributed by atoms with Gasteiger partial charge in [0, 0.05) is 39.9 Å². The van der Waals surface area contributed by atoms with E-state index in [0.717, 1.165) is 45.2 Å². The number of amides is 3. The molecule has 0 saturated carbocycles. The van der Waals surface area contributed by atoms with Crippen molar-refractivity contribution in [2.75, 3.05) is 11.9 Å². The van der Waals surface area contributed by atoms with E-state index >= 15 is 0 Å². The van der Waals surface area contributed by atoms with Gasteiger partial charge < -0.3 is 9.88 Å². The first-order valence-electron chi connectivity index (χ1n) is 9.76. The maximum Gasteiger partial charge on any atom is 0.294 e. The number of hydrogen-bond donors (Lipinski definition) is 1. The fourth-order valence-electron chi connectivity index (χ4n) is 3.49. The molecule has 1 fully saturated rings. The third-order valence-electron chi connectivity index (χ3n) is 5.10. The number of aromatic nitrogens is 1. The Bertz CT molecular complexity index is 1250. The van der Waals surface area contributed by atoms with Gasteiger partial charge in [0.05, 0.1) is 4.91 Å². The molecule has 3 amide bonds. The molecule has 8 heteroatoms. The Labute approximate surface area is 188 Å². The second-order valence-corrected chi connectivity index (χ2v) is 8.59. The highest BCUT2D eigenvalue weighted by Crippen LogP contribution is 2.34. The molecule has 2 aromatic carbocycles. The van der Waals surface area contributed by atoms with Crippen molar-refractivity contribution in [3.05, 3.63) is 69.7 Å². The number of thioether (sulfide) groups is 1. The Morgan fingerprint density at radius 1 is 1.19 bits per heavy atom. The first-order chi connectivity index (χ1) is 14.9. The van der Waals surface area contributed by atoms with Crippen LogP contribution in [0.5, 0.6) is 0 Å². The molecule has 4 rings (SSSR count). The number of fused-ring (bicyclic) bond motifs is 1. The number of aryl methyl sites for hydroxylation is 2. The first-order valence-corrected chi connectivity index (χ1v) is 11.0. The predicted octanol–water partition coefficient (Wildman–Crippen LogP) is 5.30. The molecule has 1 aromatic heterocycles. The van der Waals surface area contributed by atoms with Crippen LogP contribution in [0.2, 0.25) is 5.02 Å². The van der Waals surface area contributed by atoms with Gasteiger partial charge in [-0.1, -0.05) is 35.9 Å². The van der Waals surface area contributed by atoms with Crippen molar-refractivity contribution in [1.82, 2.24) is 9.47 Å². The molecular weight excluding hydrogens is 434 g/mol. The molecule has 1 N–H and O–H groups in total.